The minimum Gasteiger partial charge on any atom is -0.351 e. The zero-order valence-electron chi connectivity index (χ0n) is 15.4. The molecule has 0 radical (unpaired) electrons. The van der Waals surface area contributed by atoms with Gasteiger partial charge in [-0.15, -0.1) is 0 Å². The Morgan fingerprint density at radius 2 is 2.22 bits per heavy atom. The number of fused-ring (bicyclic) bond motifs is 1. The van der Waals surface area contributed by atoms with E-state index in [-0.39, 0.29) is 11.6 Å². The number of nitriles is 1. The van der Waals surface area contributed by atoms with Crippen molar-refractivity contribution in [1.29, 1.82) is 5.26 Å². The summed E-state index contributed by atoms with van der Waals surface area (Å²) in [5, 5.41) is 12.6. The summed E-state index contributed by atoms with van der Waals surface area (Å²) in [5.74, 6) is 1.23. The van der Waals surface area contributed by atoms with Gasteiger partial charge in [-0.1, -0.05) is 18.2 Å². The van der Waals surface area contributed by atoms with Crippen molar-refractivity contribution >= 4 is 17.5 Å². The molecule has 1 unspecified atom stereocenters. The number of nitrogens with one attached hydrogen (secondary N) is 1. The number of rotatable bonds is 3. The quantitative estimate of drug-likeness (QED) is 0.833. The van der Waals surface area contributed by atoms with Gasteiger partial charge in [0.15, 0.2) is 5.82 Å². The summed E-state index contributed by atoms with van der Waals surface area (Å²) in [4.78, 5) is 22.0. The van der Waals surface area contributed by atoms with Gasteiger partial charge >= 0.3 is 0 Å². The zero-order chi connectivity index (χ0) is 19.0. The zero-order valence-corrected chi connectivity index (χ0v) is 15.4. The summed E-state index contributed by atoms with van der Waals surface area (Å²) in [6.07, 6.45) is 1.94. The number of aromatic nitrogens is 2. The minimum atomic E-state index is -0.102. The van der Waals surface area contributed by atoms with Gasteiger partial charge in [0.2, 0.25) is 5.95 Å². The van der Waals surface area contributed by atoms with E-state index < -0.39 is 0 Å². The molecular formula is C19H23N7O. The minimum absolute atomic E-state index is 0.0689. The van der Waals surface area contributed by atoms with Crippen LogP contribution in [0.1, 0.15) is 24.0 Å². The first-order chi connectivity index (χ1) is 13.1. The molecule has 1 fully saturated rings. The van der Waals surface area contributed by atoms with E-state index in [2.05, 4.69) is 16.3 Å². The monoisotopic (exact) mass is 365 g/mol. The molecule has 1 atom stereocenters. The largest absolute Gasteiger partial charge is 0.351 e. The Kier molecular flexibility index (Phi) is 4.46. The fourth-order valence-corrected chi connectivity index (χ4v) is 3.79. The van der Waals surface area contributed by atoms with E-state index in [0.717, 1.165) is 24.9 Å². The summed E-state index contributed by atoms with van der Waals surface area (Å²) in [6.45, 7) is 2.34. The van der Waals surface area contributed by atoms with Crippen LogP contribution in [0.2, 0.25) is 0 Å². The maximum atomic E-state index is 13.3. The third-order valence-corrected chi connectivity index (χ3v) is 5.20. The Morgan fingerprint density at radius 1 is 1.41 bits per heavy atom. The molecule has 27 heavy (non-hydrogen) atoms. The van der Waals surface area contributed by atoms with Crippen molar-refractivity contribution in [3.63, 3.8) is 0 Å². The number of nitrogens with two attached hydrogens (primary N) is 1. The first-order valence-electron chi connectivity index (χ1n) is 9.17. The van der Waals surface area contributed by atoms with Crippen LogP contribution < -0.4 is 26.4 Å². The lowest BCUT2D eigenvalue weighted by molar-refractivity contribution is 0.491. The van der Waals surface area contributed by atoms with Crippen LogP contribution in [0.4, 0.5) is 17.5 Å². The Bertz CT molecular complexity index is 962. The first kappa shape index (κ1) is 17.4. The highest BCUT2D eigenvalue weighted by molar-refractivity contribution is 5.71. The van der Waals surface area contributed by atoms with Crippen LogP contribution in [-0.2, 0) is 6.54 Å². The van der Waals surface area contributed by atoms with Crippen LogP contribution >= 0.6 is 0 Å². The maximum Gasteiger partial charge on any atom is 0.281 e. The van der Waals surface area contributed by atoms with E-state index in [1.54, 1.807) is 10.6 Å². The van der Waals surface area contributed by atoms with Crippen LogP contribution in [0.5, 0.6) is 0 Å². The van der Waals surface area contributed by atoms with Crippen LogP contribution in [0.15, 0.2) is 29.1 Å². The normalized spacial score (nSPS) is 18.8. The Balaban J connectivity index is 1.84. The number of piperidine rings is 1. The molecule has 0 amide bonds. The van der Waals surface area contributed by atoms with Gasteiger partial charge < -0.3 is 20.9 Å². The molecule has 2 aliphatic rings. The second-order valence-corrected chi connectivity index (χ2v) is 7.15. The molecule has 8 heteroatoms. The first-order valence-corrected chi connectivity index (χ1v) is 9.17. The molecule has 1 saturated heterocycles. The molecule has 0 bridgehead atoms. The fraction of sp³-hybridized carbons (Fsp3) is 0.421. The van der Waals surface area contributed by atoms with Crippen LogP contribution in [0.25, 0.3) is 0 Å². The van der Waals surface area contributed by atoms with Crippen LogP contribution in [0.3, 0.4) is 0 Å². The van der Waals surface area contributed by atoms with E-state index in [1.165, 1.54) is 0 Å². The van der Waals surface area contributed by atoms with Crippen molar-refractivity contribution in [2.24, 2.45) is 5.73 Å². The highest BCUT2D eigenvalue weighted by Gasteiger charge is 2.28. The molecule has 8 nitrogen and oxygen atoms in total. The molecule has 2 aromatic rings. The molecule has 1 aromatic carbocycles. The summed E-state index contributed by atoms with van der Waals surface area (Å²) >= 11 is 0. The van der Waals surface area contributed by atoms with Crippen molar-refractivity contribution in [2.75, 3.05) is 41.9 Å². The molecule has 3 N–H and O–H groups in total. The average molecular weight is 365 g/mol. The van der Waals surface area contributed by atoms with Gasteiger partial charge in [-0.3, -0.25) is 9.36 Å². The van der Waals surface area contributed by atoms with Gasteiger partial charge in [-0.2, -0.15) is 10.2 Å². The standard InChI is InChI=1S/C19H23N7O/c1-24-12-22-17-16(24)18(27)26(10-14-6-3-2-5-13(14)9-20)19(23-17)25-8-4-7-15(21)11-25/h2-3,5-6,15,22H,4,7-8,10-12,21H2,1H3. The number of hydrogen-bond acceptors (Lipinski definition) is 7. The number of hydrogen-bond donors (Lipinski definition) is 2. The molecule has 140 valence electrons. The molecular weight excluding hydrogens is 342 g/mol. The van der Waals surface area contributed by atoms with E-state index in [0.29, 0.717) is 42.8 Å². The van der Waals surface area contributed by atoms with E-state index in [9.17, 15) is 10.1 Å². The number of benzene rings is 1. The lowest BCUT2D eigenvalue weighted by atomic mass is 10.1. The molecule has 3 heterocycles. The summed E-state index contributed by atoms with van der Waals surface area (Å²) in [5.41, 5.74) is 7.99. The van der Waals surface area contributed by atoms with Crippen molar-refractivity contribution < 1.29 is 0 Å². The predicted molar refractivity (Wildman–Crippen MR) is 105 cm³/mol. The highest BCUT2D eigenvalue weighted by Crippen LogP contribution is 2.28. The maximum absolute atomic E-state index is 13.3. The molecule has 1 aromatic heterocycles. The molecule has 0 saturated carbocycles. The van der Waals surface area contributed by atoms with Gasteiger partial charge in [-0.25, -0.2) is 0 Å². The predicted octanol–water partition coefficient (Wildman–Crippen LogP) is 0.910. The second-order valence-electron chi connectivity index (χ2n) is 7.15. The van der Waals surface area contributed by atoms with Gasteiger partial charge in [-0.05, 0) is 24.5 Å². The van der Waals surface area contributed by atoms with Gasteiger partial charge in [0.25, 0.3) is 5.56 Å². The molecule has 2 aliphatic heterocycles. The summed E-state index contributed by atoms with van der Waals surface area (Å²) < 4.78 is 1.68. The van der Waals surface area contributed by atoms with Crippen molar-refractivity contribution in [2.45, 2.75) is 25.4 Å². The Hall–Kier alpha value is -3.05. The van der Waals surface area contributed by atoms with Gasteiger partial charge in [0.05, 0.1) is 24.8 Å². The van der Waals surface area contributed by atoms with E-state index in [4.69, 9.17) is 10.7 Å². The lowest BCUT2D eigenvalue weighted by Crippen LogP contribution is -2.45. The fourth-order valence-electron chi connectivity index (χ4n) is 3.79. The lowest BCUT2D eigenvalue weighted by Gasteiger charge is -2.33. The number of anilines is 3. The second kappa shape index (κ2) is 6.93. The topological polar surface area (TPSA) is 103 Å². The van der Waals surface area contributed by atoms with Gasteiger partial charge in [0.1, 0.15) is 5.69 Å². The van der Waals surface area contributed by atoms with E-state index in [1.807, 2.05) is 30.1 Å². The molecule has 0 aliphatic carbocycles. The van der Waals surface area contributed by atoms with Crippen molar-refractivity contribution in [3.05, 3.63) is 45.7 Å². The van der Waals surface area contributed by atoms with Crippen molar-refractivity contribution in [1.82, 2.24) is 9.55 Å². The van der Waals surface area contributed by atoms with E-state index >= 15 is 0 Å². The van der Waals surface area contributed by atoms with Crippen LogP contribution in [-0.4, -0.2) is 42.4 Å². The number of nitrogens with zero attached hydrogens (tertiary/aromatic N) is 5. The third kappa shape index (κ3) is 3.11. The Morgan fingerprint density at radius 3 is 3.00 bits per heavy atom. The van der Waals surface area contributed by atoms with Crippen molar-refractivity contribution in [3.8, 4) is 6.07 Å². The summed E-state index contributed by atoms with van der Waals surface area (Å²) in [7, 11) is 1.87. The highest BCUT2D eigenvalue weighted by atomic mass is 16.1. The Labute approximate surface area is 157 Å². The van der Waals surface area contributed by atoms with Crippen LogP contribution in [0, 0.1) is 11.3 Å². The smallest absolute Gasteiger partial charge is 0.281 e. The van der Waals surface area contributed by atoms with Gasteiger partial charge in [0, 0.05) is 26.2 Å². The summed E-state index contributed by atoms with van der Waals surface area (Å²) in [6, 6.07) is 9.64. The average Bonchev–Trinajstić information content (AvgIpc) is 3.05. The molecule has 4 rings (SSSR count). The molecule has 0 spiro atoms. The SMILES string of the molecule is CN1CNc2nc(N3CCCC(N)C3)n(Cc3ccccc3C#N)c(=O)c21. The third-order valence-electron chi connectivity index (χ3n) is 5.20.